The maximum Gasteiger partial charge on any atom is 0.256 e. The number of hydrogen-bond acceptors (Lipinski definition) is 3. The molecule has 5 nitrogen and oxygen atoms in total. The number of amides is 1. The van der Waals surface area contributed by atoms with Gasteiger partial charge in [0.2, 0.25) is 0 Å². The maximum absolute atomic E-state index is 12.4. The lowest BCUT2D eigenvalue weighted by Crippen LogP contribution is -2.33. The van der Waals surface area contributed by atoms with E-state index in [1.54, 1.807) is 17.1 Å². The van der Waals surface area contributed by atoms with Gasteiger partial charge >= 0.3 is 0 Å². The first kappa shape index (κ1) is 14.6. The third kappa shape index (κ3) is 3.13. The highest BCUT2D eigenvalue weighted by molar-refractivity contribution is 5.93. The normalized spacial score (nSPS) is 17.7. The second-order valence-electron chi connectivity index (χ2n) is 6.02. The Bertz CT molecular complexity index is 637. The molecule has 116 valence electrons. The molecule has 1 aliphatic rings. The fourth-order valence-electron chi connectivity index (χ4n) is 3.08. The van der Waals surface area contributed by atoms with E-state index in [2.05, 4.69) is 34.3 Å². The molecule has 1 fully saturated rings. The van der Waals surface area contributed by atoms with Gasteiger partial charge in [0.1, 0.15) is 0 Å². The lowest BCUT2D eigenvalue weighted by Gasteiger charge is -2.22. The Kier molecular flexibility index (Phi) is 4.13. The average molecular weight is 298 g/mol. The molecule has 1 saturated heterocycles. The fraction of sp³-hybridized carbons (Fsp3) is 0.412. The molecule has 1 amide bonds. The van der Waals surface area contributed by atoms with Crippen LogP contribution in [0.25, 0.3) is 0 Å². The standard InChI is InChI=1S/C17H22N4O/c1-19(17(22)15-10-18-20(2)13-15)11-14-8-9-21(12-14)16-6-4-3-5-7-16/h3-7,10,13-14H,8-9,11-12H2,1-2H3/t14-/m1/s1. The summed E-state index contributed by atoms with van der Waals surface area (Å²) in [6.07, 6.45) is 4.52. The van der Waals surface area contributed by atoms with E-state index in [0.29, 0.717) is 11.5 Å². The van der Waals surface area contributed by atoms with Crippen molar-refractivity contribution in [3.63, 3.8) is 0 Å². The maximum atomic E-state index is 12.4. The van der Waals surface area contributed by atoms with E-state index < -0.39 is 0 Å². The highest BCUT2D eigenvalue weighted by atomic mass is 16.2. The zero-order chi connectivity index (χ0) is 15.5. The van der Waals surface area contributed by atoms with Crippen LogP contribution in [0.5, 0.6) is 0 Å². The van der Waals surface area contributed by atoms with Gasteiger partial charge < -0.3 is 9.80 Å². The van der Waals surface area contributed by atoms with Crippen LogP contribution in [0.3, 0.4) is 0 Å². The molecular weight excluding hydrogens is 276 g/mol. The summed E-state index contributed by atoms with van der Waals surface area (Å²) in [5, 5.41) is 4.06. The Hall–Kier alpha value is -2.30. The number of carbonyl (C=O) groups excluding carboxylic acids is 1. The highest BCUT2D eigenvalue weighted by Gasteiger charge is 2.25. The molecule has 1 aromatic heterocycles. The van der Waals surface area contributed by atoms with Crippen molar-refractivity contribution < 1.29 is 4.79 Å². The summed E-state index contributed by atoms with van der Waals surface area (Å²) in [7, 11) is 3.70. The molecule has 0 bridgehead atoms. The van der Waals surface area contributed by atoms with E-state index >= 15 is 0 Å². The summed E-state index contributed by atoms with van der Waals surface area (Å²) in [6, 6.07) is 10.5. The molecule has 2 aromatic rings. The first-order valence-corrected chi connectivity index (χ1v) is 7.67. The van der Waals surface area contributed by atoms with Gasteiger partial charge in [0.05, 0.1) is 11.8 Å². The van der Waals surface area contributed by atoms with Crippen LogP contribution in [0.2, 0.25) is 0 Å². The molecule has 0 unspecified atom stereocenters. The Balaban J connectivity index is 1.57. The van der Waals surface area contributed by atoms with Gasteiger partial charge in [-0.1, -0.05) is 18.2 Å². The predicted molar refractivity (Wildman–Crippen MR) is 86.9 cm³/mol. The molecule has 0 aliphatic carbocycles. The molecule has 1 aliphatic heterocycles. The molecule has 0 N–H and O–H groups in total. The first-order valence-electron chi connectivity index (χ1n) is 7.67. The molecule has 0 spiro atoms. The van der Waals surface area contributed by atoms with Crippen LogP contribution in [0, 0.1) is 5.92 Å². The summed E-state index contributed by atoms with van der Waals surface area (Å²) >= 11 is 0. The molecule has 22 heavy (non-hydrogen) atoms. The number of hydrogen-bond donors (Lipinski definition) is 0. The van der Waals surface area contributed by atoms with Crippen LogP contribution in [-0.2, 0) is 7.05 Å². The van der Waals surface area contributed by atoms with Crippen LogP contribution >= 0.6 is 0 Å². The van der Waals surface area contributed by atoms with Crippen LogP contribution in [0.4, 0.5) is 5.69 Å². The number of rotatable bonds is 4. The highest BCUT2D eigenvalue weighted by Crippen LogP contribution is 2.24. The van der Waals surface area contributed by atoms with Crippen molar-refractivity contribution in [1.29, 1.82) is 0 Å². The minimum Gasteiger partial charge on any atom is -0.371 e. The van der Waals surface area contributed by atoms with Crippen LogP contribution in [0.1, 0.15) is 16.8 Å². The first-order chi connectivity index (χ1) is 10.6. The largest absolute Gasteiger partial charge is 0.371 e. The number of benzene rings is 1. The molecule has 1 aromatic carbocycles. The van der Waals surface area contributed by atoms with E-state index in [9.17, 15) is 4.79 Å². The summed E-state index contributed by atoms with van der Waals surface area (Å²) in [5.41, 5.74) is 1.93. The number of aryl methyl sites for hydroxylation is 1. The van der Waals surface area contributed by atoms with Crippen LogP contribution in [0.15, 0.2) is 42.7 Å². The van der Waals surface area contributed by atoms with E-state index in [0.717, 1.165) is 26.1 Å². The van der Waals surface area contributed by atoms with E-state index in [-0.39, 0.29) is 5.91 Å². The van der Waals surface area contributed by atoms with Crippen molar-refractivity contribution in [2.24, 2.45) is 13.0 Å². The molecule has 3 rings (SSSR count). The van der Waals surface area contributed by atoms with Crippen molar-refractivity contribution in [3.8, 4) is 0 Å². The Morgan fingerprint density at radius 3 is 2.82 bits per heavy atom. The topological polar surface area (TPSA) is 41.4 Å². The number of nitrogens with zero attached hydrogens (tertiary/aromatic N) is 4. The molecular formula is C17H22N4O. The zero-order valence-corrected chi connectivity index (χ0v) is 13.1. The minimum atomic E-state index is 0.0475. The quantitative estimate of drug-likeness (QED) is 0.867. The SMILES string of the molecule is CN(C[C@H]1CCN(c2ccccc2)C1)C(=O)c1cnn(C)c1. The molecule has 2 heterocycles. The van der Waals surface area contributed by atoms with Gasteiger partial charge in [-0.15, -0.1) is 0 Å². The number of anilines is 1. The molecule has 1 atom stereocenters. The van der Waals surface area contributed by atoms with Crippen LogP contribution in [-0.4, -0.2) is 47.3 Å². The summed E-state index contributed by atoms with van der Waals surface area (Å²) in [4.78, 5) is 16.6. The number of carbonyl (C=O) groups is 1. The molecule has 5 heteroatoms. The minimum absolute atomic E-state index is 0.0475. The number of para-hydroxylation sites is 1. The van der Waals surface area contributed by atoms with E-state index in [4.69, 9.17) is 0 Å². The van der Waals surface area contributed by atoms with Crippen LogP contribution < -0.4 is 4.90 Å². The fourth-order valence-corrected chi connectivity index (χ4v) is 3.08. The van der Waals surface area contributed by atoms with Gasteiger partial charge in [-0.3, -0.25) is 9.48 Å². The Morgan fingerprint density at radius 1 is 1.36 bits per heavy atom. The monoisotopic (exact) mass is 298 g/mol. The van der Waals surface area contributed by atoms with Gasteiger partial charge in [-0.25, -0.2) is 0 Å². The van der Waals surface area contributed by atoms with Gasteiger partial charge in [-0.05, 0) is 24.5 Å². The van der Waals surface area contributed by atoms with E-state index in [1.807, 2.05) is 25.1 Å². The van der Waals surface area contributed by atoms with Crippen molar-refractivity contribution >= 4 is 11.6 Å². The summed E-state index contributed by atoms with van der Waals surface area (Å²) < 4.78 is 1.66. The second-order valence-corrected chi connectivity index (χ2v) is 6.02. The zero-order valence-electron chi connectivity index (χ0n) is 13.1. The van der Waals surface area contributed by atoms with Gasteiger partial charge in [0.25, 0.3) is 5.91 Å². The predicted octanol–water partition coefficient (Wildman–Crippen LogP) is 2.02. The third-order valence-corrected chi connectivity index (χ3v) is 4.24. The van der Waals surface area contributed by atoms with Crippen molar-refractivity contribution in [1.82, 2.24) is 14.7 Å². The second kappa shape index (κ2) is 6.22. The Labute approximate surface area is 131 Å². The van der Waals surface area contributed by atoms with E-state index in [1.165, 1.54) is 5.69 Å². The lowest BCUT2D eigenvalue weighted by molar-refractivity contribution is 0.0776. The number of aromatic nitrogens is 2. The summed E-state index contributed by atoms with van der Waals surface area (Å²) in [6.45, 7) is 2.86. The van der Waals surface area contributed by atoms with Crippen molar-refractivity contribution in [3.05, 3.63) is 48.3 Å². The van der Waals surface area contributed by atoms with Gasteiger partial charge in [-0.2, -0.15) is 5.10 Å². The summed E-state index contributed by atoms with van der Waals surface area (Å²) in [5.74, 6) is 0.567. The molecule has 0 saturated carbocycles. The van der Waals surface area contributed by atoms with Crippen molar-refractivity contribution in [2.75, 3.05) is 31.6 Å². The van der Waals surface area contributed by atoms with Crippen molar-refractivity contribution in [2.45, 2.75) is 6.42 Å². The molecule has 0 radical (unpaired) electrons. The van der Waals surface area contributed by atoms with Gasteiger partial charge in [0.15, 0.2) is 0 Å². The third-order valence-electron chi connectivity index (χ3n) is 4.24. The smallest absolute Gasteiger partial charge is 0.256 e. The Morgan fingerprint density at radius 2 is 2.14 bits per heavy atom. The lowest BCUT2D eigenvalue weighted by atomic mass is 10.1. The van der Waals surface area contributed by atoms with Gasteiger partial charge in [0, 0.05) is 45.6 Å². The average Bonchev–Trinajstić information content (AvgIpc) is 3.16.